The first-order valence-electron chi connectivity index (χ1n) is 15.7. The molecule has 0 amide bonds. The Balaban J connectivity index is 1.24. The van der Waals surface area contributed by atoms with E-state index in [1.807, 2.05) is 109 Å². The van der Waals surface area contributed by atoms with E-state index in [2.05, 4.69) is 55.4 Å². The van der Waals surface area contributed by atoms with Crippen LogP contribution < -0.4 is 4.74 Å². The van der Waals surface area contributed by atoms with Crippen LogP contribution >= 0.6 is 0 Å². The quantitative estimate of drug-likeness (QED) is 0.178. The summed E-state index contributed by atoms with van der Waals surface area (Å²) in [5.41, 5.74) is 6.43. The van der Waals surface area contributed by atoms with Gasteiger partial charge in [0.1, 0.15) is 29.2 Å². The Morgan fingerprint density at radius 2 is 1.20 bits per heavy atom. The molecule has 0 unspecified atom stereocenters. The summed E-state index contributed by atoms with van der Waals surface area (Å²) in [6, 6.07) is 46.0. The van der Waals surface area contributed by atoms with Crippen LogP contribution in [0.3, 0.4) is 0 Å². The largest absolute Gasteiger partial charge is 0.467 e. The average Bonchev–Trinajstić information content (AvgIpc) is 3.66. The summed E-state index contributed by atoms with van der Waals surface area (Å²) in [6.07, 6.45) is 3.64. The third-order valence-electron chi connectivity index (χ3n) is 8.95. The highest BCUT2D eigenvalue weighted by molar-refractivity contribution is 6.12. The summed E-state index contributed by atoms with van der Waals surface area (Å²) in [6.45, 7) is 8.08. The number of nitriles is 1. The number of fused-ring (bicyclic) bond motifs is 6. The standard InChI is InChI=1S/C42H24N6O/c1-44-34-22-33-31-14-6-8-16-36(31)47(41-17-9-10-20-45-41)38(33)24-40(34)49-39-23-37-32(21-29(39)25-43)30-13-5-7-15-35(30)48(37)42-19-18-28(26-46-42)27-11-3-2-4-12-27/h2-24,26H. The Kier molecular flexibility index (Phi) is 6.43. The third-order valence-corrected chi connectivity index (χ3v) is 8.95. The SMILES string of the molecule is [C-]#[N+]c1cc2c3ccccc3n(-c3ccccn3)c2cc1Oc1cc2c(cc1C#N)c1ccccc1n2-c1ccc(-c2ccccc2)cn1. The zero-order valence-electron chi connectivity index (χ0n) is 25.9. The molecule has 5 aromatic carbocycles. The number of pyridine rings is 2. The van der Waals surface area contributed by atoms with Gasteiger partial charge in [-0.25, -0.2) is 14.8 Å². The van der Waals surface area contributed by atoms with Gasteiger partial charge in [-0.15, -0.1) is 0 Å². The Morgan fingerprint density at radius 3 is 1.84 bits per heavy atom. The van der Waals surface area contributed by atoms with Gasteiger partial charge in [0.15, 0.2) is 0 Å². The molecule has 0 fully saturated rings. The maximum atomic E-state index is 10.4. The summed E-state index contributed by atoms with van der Waals surface area (Å²) in [4.78, 5) is 13.4. The van der Waals surface area contributed by atoms with Crippen molar-refractivity contribution in [3.8, 4) is 40.3 Å². The maximum absolute atomic E-state index is 10.4. The molecule has 0 spiro atoms. The number of rotatable bonds is 5. The lowest BCUT2D eigenvalue weighted by Crippen LogP contribution is -1.98. The minimum atomic E-state index is 0.346. The van der Waals surface area contributed by atoms with E-state index in [1.165, 1.54) is 0 Å². The second-order valence-corrected chi connectivity index (χ2v) is 11.7. The monoisotopic (exact) mass is 628 g/mol. The van der Waals surface area contributed by atoms with Crippen LogP contribution in [0.4, 0.5) is 5.69 Å². The molecule has 9 aromatic rings. The molecule has 0 N–H and O–H groups in total. The zero-order valence-corrected chi connectivity index (χ0v) is 25.9. The molecule has 4 heterocycles. The zero-order chi connectivity index (χ0) is 32.9. The minimum absolute atomic E-state index is 0.346. The predicted molar refractivity (Wildman–Crippen MR) is 194 cm³/mol. The van der Waals surface area contributed by atoms with Crippen molar-refractivity contribution >= 4 is 49.3 Å². The number of ether oxygens (including phenoxy) is 1. The Bertz CT molecular complexity index is 2800. The van der Waals surface area contributed by atoms with Gasteiger partial charge < -0.3 is 4.74 Å². The first-order valence-corrected chi connectivity index (χ1v) is 15.7. The summed E-state index contributed by atoms with van der Waals surface area (Å²) in [5, 5.41) is 14.2. The molecule has 0 saturated heterocycles. The normalized spacial score (nSPS) is 11.2. The summed E-state index contributed by atoms with van der Waals surface area (Å²) < 4.78 is 10.7. The number of aromatic nitrogens is 4. The van der Waals surface area contributed by atoms with Crippen LogP contribution in [0.1, 0.15) is 5.56 Å². The number of hydrogen-bond acceptors (Lipinski definition) is 4. The number of hydrogen-bond donors (Lipinski definition) is 0. The molecule has 228 valence electrons. The van der Waals surface area contributed by atoms with Crippen LogP contribution in [0.25, 0.3) is 71.2 Å². The van der Waals surface area contributed by atoms with Crippen molar-refractivity contribution in [1.82, 2.24) is 19.1 Å². The first-order chi connectivity index (χ1) is 24.2. The number of nitrogens with zero attached hydrogens (tertiary/aromatic N) is 6. The van der Waals surface area contributed by atoms with Crippen molar-refractivity contribution < 1.29 is 4.74 Å². The Morgan fingerprint density at radius 1 is 0.571 bits per heavy atom. The van der Waals surface area contributed by atoms with Crippen LogP contribution in [-0.2, 0) is 0 Å². The fourth-order valence-electron chi connectivity index (χ4n) is 6.74. The van der Waals surface area contributed by atoms with Crippen molar-refractivity contribution in [1.29, 1.82) is 5.26 Å². The second kappa shape index (κ2) is 11.2. The van der Waals surface area contributed by atoms with Gasteiger partial charge in [0.2, 0.25) is 5.69 Å². The van der Waals surface area contributed by atoms with E-state index in [1.54, 1.807) is 6.20 Å². The molecule has 0 radical (unpaired) electrons. The van der Waals surface area contributed by atoms with E-state index in [0.717, 1.165) is 66.4 Å². The molecule has 49 heavy (non-hydrogen) atoms. The van der Waals surface area contributed by atoms with E-state index in [-0.39, 0.29) is 0 Å². The topological polar surface area (TPSA) is 73.0 Å². The van der Waals surface area contributed by atoms with Gasteiger partial charge in [0, 0.05) is 40.2 Å². The van der Waals surface area contributed by atoms with Crippen LogP contribution in [0.5, 0.6) is 11.5 Å². The van der Waals surface area contributed by atoms with Gasteiger partial charge in [-0.3, -0.25) is 9.13 Å². The van der Waals surface area contributed by atoms with E-state index < -0.39 is 0 Å². The van der Waals surface area contributed by atoms with Gasteiger partial charge in [0.05, 0.1) is 34.2 Å². The molecule has 0 aliphatic carbocycles. The highest BCUT2D eigenvalue weighted by atomic mass is 16.5. The number of para-hydroxylation sites is 2. The van der Waals surface area contributed by atoms with E-state index in [9.17, 15) is 5.26 Å². The average molecular weight is 629 g/mol. The van der Waals surface area contributed by atoms with Crippen molar-refractivity contribution in [3.63, 3.8) is 0 Å². The van der Waals surface area contributed by atoms with Gasteiger partial charge in [-0.2, -0.15) is 5.26 Å². The van der Waals surface area contributed by atoms with Gasteiger partial charge in [0.25, 0.3) is 0 Å². The predicted octanol–water partition coefficient (Wildman–Crippen LogP) is 10.6. The van der Waals surface area contributed by atoms with E-state index in [4.69, 9.17) is 16.3 Å². The molecule has 7 heteroatoms. The van der Waals surface area contributed by atoms with Crippen LogP contribution in [0.15, 0.2) is 146 Å². The fraction of sp³-hybridized carbons (Fsp3) is 0. The molecular formula is C42H24N6O. The molecule has 0 aliphatic rings. The lowest BCUT2D eigenvalue weighted by atomic mass is 10.1. The second-order valence-electron chi connectivity index (χ2n) is 11.7. The van der Waals surface area contributed by atoms with Crippen molar-refractivity contribution in [3.05, 3.63) is 163 Å². The van der Waals surface area contributed by atoms with Crippen LogP contribution in [-0.4, -0.2) is 19.1 Å². The molecule has 0 atom stereocenters. The first kappa shape index (κ1) is 28.0. The molecule has 9 rings (SSSR count). The van der Waals surface area contributed by atoms with E-state index >= 15 is 0 Å². The molecular weight excluding hydrogens is 605 g/mol. The van der Waals surface area contributed by atoms with E-state index in [0.29, 0.717) is 22.7 Å². The van der Waals surface area contributed by atoms with Gasteiger partial charge in [-0.1, -0.05) is 72.8 Å². The number of benzene rings is 5. The molecule has 0 saturated carbocycles. The highest BCUT2D eigenvalue weighted by Crippen LogP contribution is 2.43. The third kappa shape index (κ3) is 4.50. The minimum Gasteiger partial charge on any atom is -0.467 e. The van der Waals surface area contributed by atoms with Crippen molar-refractivity contribution in [2.24, 2.45) is 0 Å². The highest BCUT2D eigenvalue weighted by Gasteiger charge is 2.20. The van der Waals surface area contributed by atoms with Gasteiger partial charge in [-0.05, 0) is 65.5 Å². The summed E-state index contributed by atoms with van der Waals surface area (Å²) in [7, 11) is 0. The van der Waals surface area contributed by atoms with Crippen molar-refractivity contribution in [2.45, 2.75) is 0 Å². The Labute approximate surface area is 281 Å². The summed E-state index contributed by atoms with van der Waals surface area (Å²) in [5.74, 6) is 2.20. The lowest BCUT2D eigenvalue weighted by Gasteiger charge is -2.13. The maximum Gasteiger partial charge on any atom is 0.229 e. The molecule has 4 aromatic heterocycles. The fourth-order valence-corrected chi connectivity index (χ4v) is 6.74. The summed E-state index contributed by atoms with van der Waals surface area (Å²) >= 11 is 0. The molecule has 0 aliphatic heterocycles. The smallest absolute Gasteiger partial charge is 0.229 e. The van der Waals surface area contributed by atoms with Crippen LogP contribution in [0.2, 0.25) is 0 Å². The molecule has 7 nitrogen and oxygen atoms in total. The molecule has 0 bridgehead atoms. The van der Waals surface area contributed by atoms with Gasteiger partial charge >= 0.3 is 0 Å². The van der Waals surface area contributed by atoms with Crippen LogP contribution in [0, 0.1) is 17.9 Å². The Hall–Kier alpha value is -7.22. The van der Waals surface area contributed by atoms with Crippen molar-refractivity contribution in [2.75, 3.05) is 0 Å². The lowest BCUT2D eigenvalue weighted by molar-refractivity contribution is 0.485.